The molecule has 1 fully saturated rings. The highest BCUT2D eigenvalue weighted by Crippen LogP contribution is 2.35. The zero-order chi connectivity index (χ0) is 24.5. The second-order valence-electron chi connectivity index (χ2n) is 8.46. The summed E-state index contributed by atoms with van der Waals surface area (Å²) >= 11 is 0. The van der Waals surface area contributed by atoms with Gasteiger partial charge in [-0.2, -0.15) is 18.3 Å². The second kappa shape index (κ2) is 9.22. The zero-order valence-corrected chi connectivity index (χ0v) is 18.8. The molecule has 4 heterocycles. The maximum atomic E-state index is 13.3. The number of carbonyl (C=O) groups is 1. The number of ether oxygens (including phenoxy) is 1. The van der Waals surface area contributed by atoms with E-state index in [4.69, 9.17) is 4.74 Å². The third kappa shape index (κ3) is 4.45. The molecule has 0 saturated carbocycles. The summed E-state index contributed by atoms with van der Waals surface area (Å²) in [6.45, 7) is 1.59. The Labute approximate surface area is 194 Å². The number of aromatic nitrogens is 3. The summed E-state index contributed by atoms with van der Waals surface area (Å²) in [5.41, 5.74) is -1.66. The van der Waals surface area contributed by atoms with Crippen LogP contribution in [0.2, 0.25) is 0 Å². The first-order chi connectivity index (χ1) is 16.1. The van der Waals surface area contributed by atoms with Crippen LogP contribution in [-0.4, -0.2) is 73.7 Å². The van der Waals surface area contributed by atoms with Gasteiger partial charge in [-0.15, -0.1) is 0 Å². The van der Waals surface area contributed by atoms with Crippen LogP contribution in [0.25, 0.3) is 5.69 Å². The SMILES string of the molecule is COc1ccc(-n2nccc2C2CCN(C3C=CC=CN3C(=O)[C@@](C)(O)C(F)(F)F)CC2)cn1. The van der Waals surface area contributed by atoms with Crippen LogP contribution in [0.3, 0.4) is 0 Å². The van der Waals surface area contributed by atoms with Crippen LogP contribution >= 0.6 is 0 Å². The average molecular weight is 477 g/mol. The summed E-state index contributed by atoms with van der Waals surface area (Å²) in [6, 6.07) is 5.57. The number of rotatable bonds is 5. The number of nitrogens with zero attached hydrogens (tertiary/aromatic N) is 5. The molecule has 2 aliphatic rings. The Morgan fingerprint density at radius 3 is 2.53 bits per heavy atom. The minimum atomic E-state index is -5.08. The molecule has 0 aromatic carbocycles. The van der Waals surface area contributed by atoms with Crippen molar-refractivity contribution in [3.05, 3.63) is 60.7 Å². The summed E-state index contributed by atoms with van der Waals surface area (Å²) in [5.74, 6) is -0.729. The lowest BCUT2D eigenvalue weighted by Gasteiger charge is -2.43. The number of allylic oxidation sites excluding steroid dienone is 2. The summed E-state index contributed by atoms with van der Waals surface area (Å²) in [5, 5.41) is 14.3. The first kappa shape index (κ1) is 24.0. The number of pyridine rings is 1. The van der Waals surface area contributed by atoms with E-state index in [0.717, 1.165) is 29.1 Å². The summed E-state index contributed by atoms with van der Waals surface area (Å²) in [7, 11) is 1.55. The zero-order valence-electron chi connectivity index (χ0n) is 18.8. The standard InChI is InChI=1S/C23H26F3N5O3/c1-22(33,23(24,25)26)21(32)30-12-4-3-5-20(30)29-13-9-16(10-14-29)18-8-11-28-31(18)17-6-7-19(34-2)27-15-17/h3-8,11-12,15-16,20,33H,9-10,13-14H2,1-2H3/t20?,22-/m1/s1. The Morgan fingerprint density at radius 2 is 1.91 bits per heavy atom. The van der Waals surface area contributed by atoms with Crippen LogP contribution in [0, 0.1) is 0 Å². The van der Waals surface area contributed by atoms with Crippen molar-refractivity contribution in [3.8, 4) is 11.6 Å². The molecule has 2 aromatic heterocycles. The van der Waals surface area contributed by atoms with E-state index < -0.39 is 23.9 Å². The number of carbonyl (C=O) groups excluding carboxylic acids is 1. The lowest BCUT2D eigenvalue weighted by Crippen LogP contribution is -2.60. The molecule has 2 aromatic rings. The number of hydrogen-bond donors (Lipinski definition) is 1. The van der Waals surface area contributed by atoms with Crippen molar-refractivity contribution in [3.63, 3.8) is 0 Å². The lowest BCUT2D eigenvalue weighted by atomic mass is 9.92. The minimum Gasteiger partial charge on any atom is -0.481 e. The van der Waals surface area contributed by atoms with Gasteiger partial charge < -0.3 is 9.84 Å². The van der Waals surface area contributed by atoms with Crippen LogP contribution in [0.1, 0.15) is 31.4 Å². The predicted octanol–water partition coefficient (Wildman–Crippen LogP) is 3.01. The molecule has 4 rings (SSSR count). The van der Waals surface area contributed by atoms with Crippen molar-refractivity contribution in [2.24, 2.45) is 0 Å². The van der Waals surface area contributed by atoms with Gasteiger partial charge in [0.1, 0.15) is 6.17 Å². The van der Waals surface area contributed by atoms with E-state index in [9.17, 15) is 23.1 Å². The Morgan fingerprint density at radius 1 is 1.18 bits per heavy atom. The summed E-state index contributed by atoms with van der Waals surface area (Å²) in [4.78, 5) is 19.8. The molecule has 2 aliphatic heterocycles. The van der Waals surface area contributed by atoms with Gasteiger partial charge in [0, 0.05) is 43.2 Å². The first-order valence-electron chi connectivity index (χ1n) is 10.9. The molecule has 0 aliphatic carbocycles. The lowest BCUT2D eigenvalue weighted by molar-refractivity contribution is -0.250. The fourth-order valence-corrected chi connectivity index (χ4v) is 4.26. The highest BCUT2D eigenvalue weighted by molar-refractivity contribution is 5.87. The molecule has 11 heteroatoms. The molecule has 0 spiro atoms. The van der Waals surface area contributed by atoms with Crippen molar-refractivity contribution in [1.82, 2.24) is 24.6 Å². The molecule has 0 radical (unpaired) electrons. The fourth-order valence-electron chi connectivity index (χ4n) is 4.26. The molecule has 0 bridgehead atoms. The largest absolute Gasteiger partial charge is 0.481 e. The molecule has 34 heavy (non-hydrogen) atoms. The minimum absolute atomic E-state index is 0.173. The van der Waals surface area contributed by atoms with Gasteiger partial charge in [0.25, 0.3) is 5.91 Å². The van der Waals surface area contributed by atoms with E-state index in [-0.39, 0.29) is 5.92 Å². The Balaban J connectivity index is 1.47. The van der Waals surface area contributed by atoms with Gasteiger partial charge in [-0.1, -0.05) is 6.08 Å². The molecule has 2 atom stereocenters. The number of likely N-dealkylation sites (tertiary alicyclic amines) is 1. The topological polar surface area (TPSA) is 83.7 Å². The van der Waals surface area contributed by atoms with Gasteiger partial charge in [0.2, 0.25) is 11.5 Å². The first-order valence-corrected chi connectivity index (χ1v) is 10.9. The van der Waals surface area contributed by atoms with Crippen molar-refractivity contribution in [2.75, 3.05) is 20.2 Å². The monoisotopic (exact) mass is 477 g/mol. The summed E-state index contributed by atoms with van der Waals surface area (Å²) in [6.07, 6.45) is 5.18. The fraction of sp³-hybridized carbons (Fsp3) is 0.435. The van der Waals surface area contributed by atoms with Crippen LogP contribution < -0.4 is 4.74 Å². The van der Waals surface area contributed by atoms with E-state index in [2.05, 4.69) is 10.1 Å². The predicted molar refractivity (Wildman–Crippen MR) is 117 cm³/mol. The van der Waals surface area contributed by atoms with Gasteiger partial charge in [-0.25, -0.2) is 9.67 Å². The molecule has 8 nitrogen and oxygen atoms in total. The number of methoxy groups -OCH3 is 1. The Kier molecular flexibility index (Phi) is 6.50. The van der Waals surface area contributed by atoms with Crippen LogP contribution in [0.4, 0.5) is 13.2 Å². The van der Waals surface area contributed by atoms with Gasteiger partial charge >= 0.3 is 6.18 Å². The van der Waals surface area contributed by atoms with Crippen molar-refractivity contribution >= 4 is 5.91 Å². The Bertz CT molecular complexity index is 1070. The van der Waals surface area contributed by atoms with E-state index in [1.807, 2.05) is 21.7 Å². The molecule has 1 saturated heterocycles. The van der Waals surface area contributed by atoms with Crippen LogP contribution in [0.15, 0.2) is 55.0 Å². The summed E-state index contributed by atoms with van der Waals surface area (Å²) < 4.78 is 46.7. The third-order valence-electron chi connectivity index (χ3n) is 6.30. The van der Waals surface area contributed by atoms with Crippen LogP contribution in [0.5, 0.6) is 5.88 Å². The molecule has 1 amide bonds. The maximum Gasteiger partial charge on any atom is 0.426 e. The van der Waals surface area contributed by atoms with Crippen molar-refractivity contribution in [2.45, 2.75) is 43.6 Å². The number of amides is 1. The van der Waals surface area contributed by atoms with Crippen molar-refractivity contribution < 1.29 is 27.8 Å². The second-order valence-corrected chi connectivity index (χ2v) is 8.46. The molecule has 182 valence electrons. The molecule has 1 unspecified atom stereocenters. The highest BCUT2D eigenvalue weighted by Gasteiger charge is 2.58. The molecular formula is C23H26F3N5O3. The number of aliphatic hydroxyl groups is 1. The van der Waals surface area contributed by atoms with Gasteiger partial charge in [0.15, 0.2) is 0 Å². The van der Waals surface area contributed by atoms with E-state index in [1.165, 1.54) is 12.3 Å². The Hall–Kier alpha value is -3.18. The molecular weight excluding hydrogens is 451 g/mol. The van der Waals surface area contributed by atoms with Crippen LogP contribution in [-0.2, 0) is 4.79 Å². The van der Waals surface area contributed by atoms with Gasteiger partial charge in [0.05, 0.1) is 19.0 Å². The number of piperidine rings is 1. The highest BCUT2D eigenvalue weighted by atomic mass is 19.4. The average Bonchev–Trinajstić information content (AvgIpc) is 3.33. The van der Waals surface area contributed by atoms with Gasteiger partial charge in [-0.05, 0) is 44.1 Å². The quantitative estimate of drug-likeness (QED) is 0.713. The normalized spacial score (nSPS) is 21.5. The van der Waals surface area contributed by atoms with E-state index in [0.29, 0.717) is 25.9 Å². The molecule has 1 N–H and O–H groups in total. The number of alkyl halides is 3. The third-order valence-corrected chi connectivity index (χ3v) is 6.30. The smallest absolute Gasteiger partial charge is 0.426 e. The number of hydrogen-bond acceptors (Lipinski definition) is 6. The number of halogens is 3. The van der Waals surface area contributed by atoms with Crippen molar-refractivity contribution in [1.29, 1.82) is 0 Å². The maximum absolute atomic E-state index is 13.3. The van der Waals surface area contributed by atoms with Gasteiger partial charge in [-0.3, -0.25) is 14.6 Å². The van der Waals surface area contributed by atoms with E-state index >= 15 is 0 Å². The van der Waals surface area contributed by atoms with E-state index in [1.54, 1.807) is 37.7 Å².